The molecule has 9 heteroatoms. The van der Waals surface area contributed by atoms with E-state index in [4.69, 9.17) is 21.7 Å². The van der Waals surface area contributed by atoms with Crippen LogP contribution in [0.15, 0.2) is 42.5 Å². The largest absolute Gasteiger partial charge is 0.497 e. The lowest BCUT2D eigenvalue weighted by atomic mass is 10.1. The number of non-ortho nitro benzene ring substituents is 1. The van der Waals surface area contributed by atoms with Crippen molar-refractivity contribution in [3.63, 3.8) is 0 Å². The van der Waals surface area contributed by atoms with Crippen LogP contribution in [0.5, 0.6) is 11.5 Å². The van der Waals surface area contributed by atoms with E-state index >= 15 is 0 Å². The van der Waals surface area contributed by atoms with Crippen molar-refractivity contribution in [2.24, 2.45) is 0 Å². The van der Waals surface area contributed by atoms with E-state index in [0.29, 0.717) is 11.4 Å². The summed E-state index contributed by atoms with van der Waals surface area (Å²) in [7, 11) is 2.95. The van der Waals surface area contributed by atoms with Gasteiger partial charge in [0.2, 0.25) is 5.91 Å². The van der Waals surface area contributed by atoms with E-state index in [2.05, 4.69) is 10.6 Å². The molecule has 0 fully saturated rings. The van der Waals surface area contributed by atoms with Gasteiger partial charge in [-0.15, -0.1) is 0 Å². The topological polar surface area (TPSA) is 103 Å². The summed E-state index contributed by atoms with van der Waals surface area (Å²) >= 11 is 5.11. The van der Waals surface area contributed by atoms with Crippen LogP contribution in [-0.2, 0) is 11.2 Å². The number of carbonyl (C=O) groups excluding carboxylic acids is 1. The summed E-state index contributed by atoms with van der Waals surface area (Å²) in [5.74, 6) is 0.649. The molecule has 0 unspecified atom stereocenters. The lowest BCUT2D eigenvalue weighted by Gasteiger charge is -2.12. The van der Waals surface area contributed by atoms with Gasteiger partial charge in [-0.05, 0) is 36.0 Å². The number of benzene rings is 2. The van der Waals surface area contributed by atoms with Crippen molar-refractivity contribution in [2.45, 2.75) is 6.42 Å². The fourth-order valence-electron chi connectivity index (χ4n) is 2.15. The molecule has 0 saturated heterocycles. The zero-order valence-corrected chi connectivity index (χ0v) is 15.0. The first-order valence-electron chi connectivity index (χ1n) is 7.49. The number of nitro groups is 1. The maximum absolute atomic E-state index is 12.1. The van der Waals surface area contributed by atoms with Crippen LogP contribution in [0.25, 0.3) is 0 Å². The first-order chi connectivity index (χ1) is 12.4. The van der Waals surface area contributed by atoms with E-state index in [1.807, 2.05) is 0 Å². The van der Waals surface area contributed by atoms with Gasteiger partial charge in [-0.25, -0.2) is 0 Å². The van der Waals surface area contributed by atoms with E-state index in [-0.39, 0.29) is 28.9 Å². The van der Waals surface area contributed by atoms with Gasteiger partial charge in [0.25, 0.3) is 5.69 Å². The van der Waals surface area contributed by atoms with Crippen molar-refractivity contribution in [3.05, 3.63) is 58.1 Å². The van der Waals surface area contributed by atoms with Crippen molar-refractivity contribution in [3.8, 4) is 11.5 Å². The lowest BCUT2D eigenvalue weighted by Crippen LogP contribution is -2.35. The molecule has 8 nitrogen and oxygen atoms in total. The van der Waals surface area contributed by atoms with E-state index in [0.717, 1.165) is 5.56 Å². The van der Waals surface area contributed by atoms with Crippen LogP contribution >= 0.6 is 12.2 Å². The molecule has 2 N–H and O–H groups in total. The molecular formula is C17H17N3O5S. The van der Waals surface area contributed by atoms with Gasteiger partial charge in [0.05, 0.1) is 37.3 Å². The molecule has 0 aliphatic rings. The van der Waals surface area contributed by atoms with Crippen LogP contribution in [0.1, 0.15) is 5.56 Å². The number of anilines is 1. The highest BCUT2D eigenvalue weighted by Crippen LogP contribution is 2.28. The molecule has 0 aromatic heterocycles. The molecule has 26 heavy (non-hydrogen) atoms. The Kier molecular flexibility index (Phi) is 6.45. The molecular weight excluding hydrogens is 358 g/mol. The van der Waals surface area contributed by atoms with Gasteiger partial charge < -0.3 is 20.1 Å². The summed E-state index contributed by atoms with van der Waals surface area (Å²) in [6.07, 6.45) is 0.142. The van der Waals surface area contributed by atoms with E-state index < -0.39 is 4.92 Å². The number of hydrogen-bond acceptors (Lipinski definition) is 6. The van der Waals surface area contributed by atoms with Gasteiger partial charge >= 0.3 is 0 Å². The number of ether oxygens (including phenoxy) is 2. The Bertz CT molecular complexity index is 824. The third kappa shape index (κ3) is 5.15. The number of nitrogens with zero attached hydrogens (tertiary/aromatic N) is 1. The van der Waals surface area contributed by atoms with Crippen molar-refractivity contribution in [1.29, 1.82) is 0 Å². The number of nitro benzene ring substituents is 1. The van der Waals surface area contributed by atoms with Gasteiger partial charge in [-0.3, -0.25) is 14.9 Å². The molecule has 0 radical (unpaired) electrons. The Morgan fingerprint density at radius 1 is 1.15 bits per heavy atom. The van der Waals surface area contributed by atoms with E-state index in [1.165, 1.54) is 25.3 Å². The standard InChI is InChI=1S/C17H17N3O5S/c1-24-13-6-3-11(4-7-13)9-16(21)19-17(26)18-14-8-5-12(20(22)23)10-15(14)25-2/h3-8,10H,9H2,1-2H3,(H2,18,19,21,26). The molecule has 0 aliphatic heterocycles. The maximum atomic E-state index is 12.1. The van der Waals surface area contributed by atoms with Gasteiger partial charge in [0, 0.05) is 6.07 Å². The van der Waals surface area contributed by atoms with E-state index in [1.54, 1.807) is 31.4 Å². The van der Waals surface area contributed by atoms with Gasteiger partial charge in [0.15, 0.2) is 5.11 Å². The minimum Gasteiger partial charge on any atom is -0.497 e. The fourth-order valence-corrected chi connectivity index (χ4v) is 2.37. The second-order valence-corrected chi connectivity index (χ2v) is 5.58. The maximum Gasteiger partial charge on any atom is 0.273 e. The molecule has 0 saturated carbocycles. The summed E-state index contributed by atoms with van der Waals surface area (Å²) in [5.41, 5.74) is 1.11. The Morgan fingerprint density at radius 2 is 1.85 bits per heavy atom. The number of amides is 1. The highest BCUT2D eigenvalue weighted by Gasteiger charge is 2.13. The summed E-state index contributed by atoms with van der Waals surface area (Å²) in [6.45, 7) is 0. The molecule has 1 amide bonds. The van der Waals surface area contributed by atoms with Crippen molar-refractivity contribution < 1.29 is 19.2 Å². The number of thiocarbonyl (C=S) groups is 1. The van der Waals surface area contributed by atoms with Crippen molar-refractivity contribution >= 4 is 34.6 Å². The first-order valence-corrected chi connectivity index (χ1v) is 7.90. The SMILES string of the molecule is COc1ccc(CC(=O)NC(=S)Nc2ccc([N+](=O)[O-])cc2OC)cc1. The highest BCUT2D eigenvalue weighted by atomic mass is 32.1. The summed E-state index contributed by atoms with van der Waals surface area (Å²) in [4.78, 5) is 22.3. The smallest absolute Gasteiger partial charge is 0.273 e. The van der Waals surface area contributed by atoms with Crippen LogP contribution in [0.4, 0.5) is 11.4 Å². The Morgan fingerprint density at radius 3 is 2.42 bits per heavy atom. The zero-order chi connectivity index (χ0) is 19.1. The summed E-state index contributed by atoms with van der Waals surface area (Å²) < 4.78 is 10.2. The quantitative estimate of drug-likeness (QED) is 0.454. The summed E-state index contributed by atoms with van der Waals surface area (Å²) in [5, 5.41) is 16.2. The third-order valence-corrected chi connectivity index (χ3v) is 3.62. The average Bonchev–Trinajstić information content (AvgIpc) is 2.62. The predicted octanol–water partition coefficient (Wildman–Crippen LogP) is 2.67. The monoisotopic (exact) mass is 375 g/mol. The molecule has 0 atom stereocenters. The van der Waals surface area contributed by atoms with Gasteiger partial charge in [-0.1, -0.05) is 12.1 Å². The third-order valence-electron chi connectivity index (χ3n) is 3.42. The number of nitrogens with one attached hydrogen (secondary N) is 2. The molecule has 0 spiro atoms. The molecule has 0 bridgehead atoms. The normalized spacial score (nSPS) is 9.92. The highest BCUT2D eigenvalue weighted by molar-refractivity contribution is 7.80. The fraction of sp³-hybridized carbons (Fsp3) is 0.176. The number of rotatable bonds is 6. The van der Waals surface area contributed by atoms with Crippen LogP contribution in [0.2, 0.25) is 0 Å². The summed E-state index contributed by atoms with van der Waals surface area (Å²) in [6, 6.07) is 11.1. The number of methoxy groups -OCH3 is 2. The molecule has 136 valence electrons. The first kappa shape index (κ1) is 19.1. The molecule has 2 rings (SSSR count). The Balaban J connectivity index is 1.97. The molecule has 0 heterocycles. The minimum absolute atomic E-state index is 0.0654. The molecule has 0 aliphatic carbocycles. The average molecular weight is 375 g/mol. The van der Waals surface area contributed by atoms with Crippen molar-refractivity contribution in [1.82, 2.24) is 5.32 Å². The second kappa shape index (κ2) is 8.77. The Hall–Kier alpha value is -3.20. The van der Waals surface area contributed by atoms with Crippen LogP contribution < -0.4 is 20.1 Å². The zero-order valence-electron chi connectivity index (χ0n) is 14.1. The van der Waals surface area contributed by atoms with Gasteiger partial charge in [0.1, 0.15) is 11.5 Å². The minimum atomic E-state index is -0.527. The van der Waals surface area contributed by atoms with Crippen LogP contribution in [0.3, 0.4) is 0 Å². The molecule has 2 aromatic carbocycles. The second-order valence-electron chi connectivity index (χ2n) is 5.17. The lowest BCUT2D eigenvalue weighted by molar-refractivity contribution is -0.384. The number of hydrogen-bond donors (Lipinski definition) is 2. The van der Waals surface area contributed by atoms with Crippen molar-refractivity contribution in [2.75, 3.05) is 19.5 Å². The van der Waals surface area contributed by atoms with Crippen LogP contribution in [-0.4, -0.2) is 30.2 Å². The Labute approximate surface area is 155 Å². The number of carbonyl (C=O) groups is 1. The van der Waals surface area contributed by atoms with Gasteiger partial charge in [-0.2, -0.15) is 0 Å². The molecule has 2 aromatic rings. The van der Waals surface area contributed by atoms with Crippen LogP contribution in [0, 0.1) is 10.1 Å². The van der Waals surface area contributed by atoms with E-state index in [9.17, 15) is 14.9 Å². The predicted molar refractivity (Wildman–Crippen MR) is 101 cm³/mol.